The van der Waals surface area contributed by atoms with E-state index >= 15 is 0 Å². The van der Waals surface area contributed by atoms with Gasteiger partial charge < -0.3 is 10.3 Å². The third-order valence-corrected chi connectivity index (χ3v) is 4.43. The number of aromatic amines is 1. The lowest BCUT2D eigenvalue weighted by molar-refractivity contribution is 0.0977. The van der Waals surface area contributed by atoms with Crippen LogP contribution in [0.5, 0.6) is 0 Å². The molecule has 1 aromatic carbocycles. The van der Waals surface area contributed by atoms with Gasteiger partial charge in [-0.15, -0.1) is 0 Å². The molecular weight excluding hydrogens is 375 g/mol. The molecule has 4 rings (SSSR count). The van der Waals surface area contributed by atoms with Gasteiger partial charge in [-0.1, -0.05) is 29.3 Å². The van der Waals surface area contributed by atoms with E-state index in [-0.39, 0.29) is 22.1 Å². The minimum absolute atomic E-state index is 0.0107. The van der Waals surface area contributed by atoms with Gasteiger partial charge >= 0.3 is 0 Å². The lowest BCUT2D eigenvalue weighted by Gasteiger charge is -2.15. The molecule has 0 aliphatic heterocycles. The minimum atomic E-state index is -0.507. The standard InChI is InChI=1S/C18H10Cl2N4O2/c19-9-4-6-10(7-5-9)22-13-12(20)16(25)14-15(17(13)26)24-18(23-14)11-3-1-2-8-21-11/h1-8,22H,(H,23,24). The largest absolute Gasteiger partial charge is 0.351 e. The molecule has 0 unspecified atom stereocenters. The first kappa shape index (κ1) is 16.5. The number of aromatic nitrogens is 3. The number of hydrogen-bond acceptors (Lipinski definition) is 5. The zero-order valence-corrected chi connectivity index (χ0v) is 14.6. The predicted octanol–water partition coefficient (Wildman–Crippen LogP) is 4.07. The maximum absolute atomic E-state index is 12.8. The van der Waals surface area contributed by atoms with Crippen molar-refractivity contribution in [2.45, 2.75) is 0 Å². The van der Waals surface area contributed by atoms with Crippen LogP contribution in [-0.2, 0) is 0 Å². The number of carbonyl (C=O) groups is 2. The van der Waals surface area contributed by atoms with Crippen molar-refractivity contribution in [2.24, 2.45) is 0 Å². The first-order chi connectivity index (χ1) is 12.5. The van der Waals surface area contributed by atoms with E-state index in [1.54, 1.807) is 48.7 Å². The molecule has 0 radical (unpaired) electrons. The summed E-state index contributed by atoms with van der Waals surface area (Å²) in [6.07, 6.45) is 1.60. The van der Waals surface area contributed by atoms with Gasteiger partial charge in [0.2, 0.25) is 11.6 Å². The summed E-state index contributed by atoms with van der Waals surface area (Å²) in [5.41, 5.74) is 1.14. The van der Waals surface area contributed by atoms with E-state index in [2.05, 4.69) is 20.3 Å². The van der Waals surface area contributed by atoms with Crippen molar-refractivity contribution in [3.05, 3.63) is 75.8 Å². The zero-order chi connectivity index (χ0) is 18.3. The molecule has 0 spiro atoms. The van der Waals surface area contributed by atoms with Gasteiger partial charge in [0.15, 0.2) is 5.82 Å². The van der Waals surface area contributed by atoms with Gasteiger partial charge in [-0.25, -0.2) is 4.98 Å². The lowest BCUT2D eigenvalue weighted by atomic mass is 10.0. The Kier molecular flexibility index (Phi) is 4.06. The first-order valence-corrected chi connectivity index (χ1v) is 8.33. The molecule has 0 fully saturated rings. The molecule has 0 amide bonds. The van der Waals surface area contributed by atoms with E-state index < -0.39 is 11.6 Å². The Bertz CT molecular complexity index is 1060. The summed E-state index contributed by atoms with van der Waals surface area (Å²) in [5, 5.41) is 3.23. The van der Waals surface area contributed by atoms with Crippen LogP contribution < -0.4 is 5.32 Å². The van der Waals surface area contributed by atoms with Crippen LogP contribution >= 0.6 is 23.2 Å². The molecule has 2 aromatic heterocycles. The van der Waals surface area contributed by atoms with Crippen LogP contribution in [0.4, 0.5) is 5.69 Å². The number of Topliss-reactive ketones (excluding diaryl/α,β-unsaturated/α-hetero) is 2. The second-order valence-electron chi connectivity index (χ2n) is 5.50. The number of imidazole rings is 1. The highest BCUT2D eigenvalue weighted by Gasteiger charge is 2.35. The highest BCUT2D eigenvalue weighted by molar-refractivity contribution is 6.50. The molecule has 1 aliphatic carbocycles. The van der Waals surface area contributed by atoms with Gasteiger partial charge in [0.1, 0.15) is 27.8 Å². The number of nitrogens with one attached hydrogen (secondary N) is 2. The predicted molar refractivity (Wildman–Crippen MR) is 98.4 cm³/mol. The zero-order valence-electron chi connectivity index (χ0n) is 13.1. The third kappa shape index (κ3) is 2.79. The normalized spacial score (nSPS) is 13.8. The number of rotatable bonds is 3. The number of nitrogens with zero attached hydrogens (tertiary/aromatic N) is 2. The fourth-order valence-electron chi connectivity index (χ4n) is 2.56. The molecule has 6 nitrogen and oxygen atoms in total. The molecule has 0 saturated carbocycles. The number of allylic oxidation sites excluding steroid dienone is 2. The highest BCUT2D eigenvalue weighted by atomic mass is 35.5. The number of pyridine rings is 1. The van der Waals surface area contributed by atoms with Crippen LogP contribution in [0.2, 0.25) is 5.02 Å². The molecule has 3 aromatic rings. The van der Waals surface area contributed by atoms with Crippen molar-refractivity contribution in [2.75, 3.05) is 5.32 Å². The molecule has 2 heterocycles. The fourth-order valence-corrected chi connectivity index (χ4v) is 2.91. The van der Waals surface area contributed by atoms with Crippen LogP contribution in [0.1, 0.15) is 21.0 Å². The Morgan fingerprint density at radius 1 is 0.962 bits per heavy atom. The fraction of sp³-hybridized carbons (Fsp3) is 0. The highest BCUT2D eigenvalue weighted by Crippen LogP contribution is 2.30. The van der Waals surface area contributed by atoms with Crippen LogP contribution in [0.3, 0.4) is 0 Å². The van der Waals surface area contributed by atoms with Crippen LogP contribution in [0.25, 0.3) is 11.5 Å². The van der Waals surface area contributed by atoms with Crippen molar-refractivity contribution in [3.63, 3.8) is 0 Å². The van der Waals surface area contributed by atoms with Crippen molar-refractivity contribution in [3.8, 4) is 11.5 Å². The molecule has 26 heavy (non-hydrogen) atoms. The van der Waals surface area contributed by atoms with E-state index in [1.165, 1.54) is 0 Å². The van der Waals surface area contributed by atoms with Crippen molar-refractivity contribution < 1.29 is 9.59 Å². The average molecular weight is 385 g/mol. The summed E-state index contributed by atoms with van der Waals surface area (Å²) in [6, 6.07) is 11.9. The van der Waals surface area contributed by atoms with Gasteiger partial charge in [0.05, 0.1) is 0 Å². The summed E-state index contributed by atoms with van der Waals surface area (Å²) in [5.74, 6) is -0.653. The molecule has 0 saturated heterocycles. The maximum atomic E-state index is 12.8. The van der Waals surface area contributed by atoms with Crippen LogP contribution in [0, 0.1) is 0 Å². The summed E-state index contributed by atoms with van der Waals surface area (Å²) in [6.45, 7) is 0. The van der Waals surface area contributed by atoms with Crippen LogP contribution in [0.15, 0.2) is 59.4 Å². The van der Waals surface area contributed by atoms with E-state index in [0.29, 0.717) is 22.2 Å². The first-order valence-electron chi connectivity index (χ1n) is 7.58. The Labute approximate surface area is 157 Å². The van der Waals surface area contributed by atoms with Gasteiger partial charge in [-0.2, -0.15) is 0 Å². The molecule has 0 bridgehead atoms. The number of carbonyl (C=O) groups excluding carboxylic acids is 2. The summed E-state index contributed by atoms with van der Waals surface area (Å²) in [4.78, 5) is 36.6. The summed E-state index contributed by atoms with van der Waals surface area (Å²) < 4.78 is 0. The average Bonchev–Trinajstić information content (AvgIpc) is 3.11. The third-order valence-electron chi connectivity index (χ3n) is 3.81. The maximum Gasteiger partial charge on any atom is 0.231 e. The van der Waals surface area contributed by atoms with Crippen LogP contribution in [-0.4, -0.2) is 26.5 Å². The molecule has 0 atom stereocenters. The Hall–Kier alpha value is -2.96. The molecular formula is C18H10Cl2N4O2. The van der Waals surface area contributed by atoms with E-state index in [1.807, 2.05) is 0 Å². The Morgan fingerprint density at radius 2 is 1.73 bits per heavy atom. The molecule has 128 valence electrons. The molecule has 1 aliphatic rings. The minimum Gasteiger partial charge on any atom is -0.351 e. The second kappa shape index (κ2) is 6.40. The van der Waals surface area contributed by atoms with Gasteiger partial charge in [0, 0.05) is 16.9 Å². The number of ketones is 2. The van der Waals surface area contributed by atoms with Gasteiger partial charge in [-0.3, -0.25) is 14.6 Å². The van der Waals surface area contributed by atoms with Crippen molar-refractivity contribution in [1.29, 1.82) is 0 Å². The number of H-pyrrole nitrogens is 1. The molecule has 2 N–H and O–H groups in total. The van der Waals surface area contributed by atoms with E-state index in [4.69, 9.17) is 23.2 Å². The Morgan fingerprint density at radius 3 is 2.42 bits per heavy atom. The quantitative estimate of drug-likeness (QED) is 0.710. The number of halogens is 2. The van der Waals surface area contributed by atoms with E-state index in [0.717, 1.165) is 0 Å². The number of fused-ring (bicyclic) bond motifs is 1. The monoisotopic (exact) mass is 384 g/mol. The van der Waals surface area contributed by atoms with Gasteiger partial charge in [-0.05, 0) is 36.4 Å². The lowest BCUT2D eigenvalue weighted by Crippen LogP contribution is -2.24. The summed E-state index contributed by atoms with van der Waals surface area (Å²) >= 11 is 12.0. The van der Waals surface area contributed by atoms with Crippen molar-refractivity contribution >= 4 is 40.5 Å². The summed E-state index contributed by atoms with van der Waals surface area (Å²) in [7, 11) is 0. The van der Waals surface area contributed by atoms with Crippen molar-refractivity contribution in [1.82, 2.24) is 15.0 Å². The van der Waals surface area contributed by atoms with Gasteiger partial charge in [0.25, 0.3) is 0 Å². The second-order valence-corrected chi connectivity index (χ2v) is 6.32. The molecule has 8 heteroatoms. The smallest absolute Gasteiger partial charge is 0.231 e. The topological polar surface area (TPSA) is 87.7 Å². The number of benzene rings is 1. The van der Waals surface area contributed by atoms with E-state index in [9.17, 15) is 9.59 Å². The number of hydrogen-bond donors (Lipinski definition) is 2. The SMILES string of the molecule is O=C1C(Nc2ccc(Cl)cc2)=C(Cl)C(=O)c2[nH]c(-c3ccccn3)nc21. The Balaban J connectivity index is 1.73. The number of anilines is 1.